The van der Waals surface area contributed by atoms with Gasteiger partial charge in [-0.2, -0.15) is 33.7 Å². The van der Waals surface area contributed by atoms with Crippen LogP contribution in [-0.2, 0) is 40.5 Å². The third kappa shape index (κ3) is 8.72. The molecule has 8 aromatic carbocycles. The van der Waals surface area contributed by atoms with Gasteiger partial charge < -0.3 is 0 Å². The van der Waals surface area contributed by atoms with E-state index >= 15 is 0 Å². The highest BCUT2D eigenvalue weighted by molar-refractivity contribution is 7.87. The van der Waals surface area contributed by atoms with Crippen LogP contribution < -0.4 is 31.8 Å². The van der Waals surface area contributed by atoms with Crippen LogP contribution in [0.25, 0.3) is 32.7 Å². The van der Waals surface area contributed by atoms with Gasteiger partial charge in [-0.05, 0) is 129 Å². The summed E-state index contributed by atoms with van der Waals surface area (Å²) >= 11 is 0. The van der Waals surface area contributed by atoms with Crippen LogP contribution in [0, 0.1) is 0 Å². The molecule has 0 aliphatic heterocycles. The van der Waals surface area contributed by atoms with Crippen molar-refractivity contribution in [1.82, 2.24) is 0 Å². The molecular formula is C44H32O12P2S4. The number of rotatable bonds is 11. The van der Waals surface area contributed by atoms with Gasteiger partial charge in [-0.1, -0.05) is 121 Å². The second-order valence-electron chi connectivity index (χ2n) is 13.9. The molecule has 0 saturated heterocycles. The SMILES string of the molecule is O=S(=O)(O)c1cccc(P(c2cccc(S(=O)(=O)O)c2)c2ccc3ccccc3c2-c2c(P(c3cccc(S(=O)(=O)O)c3)c3cccc(S(=O)(=O)O)c3)ccc3ccccc23)c1. The topological polar surface area (TPSA) is 217 Å². The predicted octanol–water partition coefficient (Wildman–Crippen LogP) is 6.16. The van der Waals surface area contributed by atoms with Crippen LogP contribution in [0.15, 0.2) is 189 Å². The highest BCUT2D eigenvalue weighted by Crippen LogP contribution is 2.46. The molecule has 8 aromatic rings. The van der Waals surface area contributed by atoms with Crippen LogP contribution >= 0.6 is 15.8 Å². The first-order chi connectivity index (χ1) is 29.3. The van der Waals surface area contributed by atoms with Gasteiger partial charge in [-0.15, -0.1) is 0 Å². The van der Waals surface area contributed by atoms with Crippen LogP contribution in [0.4, 0.5) is 0 Å². The van der Waals surface area contributed by atoms with Crippen molar-refractivity contribution >= 4 is 110 Å². The summed E-state index contributed by atoms with van der Waals surface area (Å²) in [6.45, 7) is 0. The monoisotopic (exact) mass is 942 g/mol. The van der Waals surface area contributed by atoms with Crippen molar-refractivity contribution in [3.05, 3.63) is 170 Å². The molecule has 0 spiro atoms. The molecular weight excluding hydrogens is 911 g/mol. The van der Waals surface area contributed by atoms with Gasteiger partial charge in [0, 0.05) is 0 Å². The second-order valence-corrected chi connectivity index (χ2v) is 24.0. The van der Waals surface area contributed by atoms with Gasteiger partial charge in [0.1, 0.15) is 0 Å². The Bertz CT molecular complexity index is 3180. The molecule has 0 heterocycles. The number of benzene rings is 8. The third-order valence-electron chi connectivity index (χ3n) is 10.0. The Kier molecular flexibility index (Phi) is 11.5. The minimum absolute atomic E-state index is 0.380. The van der Waals surface area contributed by atoms with Crippen molar-refractivity contribution in [2.75, 3.05) is 0 Å². The molecule has 12 nitrogen and oxygen atoms in total. The lowest BCUT2D eigenvalue weighted by atomic mass is 9.93. The lowest BCUT2D eigenvalue weighted by molar-refractivity contribution is 0.481. The first-order valence-corrected chi connectivity index (χ1v) is 26.7. The van der Waals surface area contributed by atoms with E-state index in [1.807, 2.05) is 72.8 Å². The maximum absolute atomic E-state index is 12.6. The molecule has 62 heavy (non-hydrogen) atoms. The Morgan fingerprint density at radius 3 is 0.855 bits per heavy atom. The molecule has 0 fully saturated rings. The fourth-order valence-electron chi connectivity index (χ4n) is 7.40. The van der Waals surface area contributed by atoms with Crippen LogP contribution in [0.5, 0.6) is 0 Å². The van der Waals surface area contributed by atoms with Gasteiger partial charge >= 0.3 is 0 Å². The van der Waals surface area contributed by atoms with Crippen molar-refractivity contribution in [2.24, 2.45) is 0 Å². The van der Waals surface area contributed by atoms with E-state index in [1.165, 1.54) is 72.8 Å². The molecule has 0 atom stereocenters. The molecule has 0 unspecified atom stereocenters. The first-order valence-electron chi connectivity index (χ1n) is 18.2. The van der Waals surface area contributed by atoms with Crippen molar-refractivity contribution in [3.63, 3.8) is 0 Å². The summed E-state index contributed by atoms with van der Waals surface area (Å²) in [7, 11) is -22.9. The zero-order valence-corrected chi connectivity index (χ0v) is 36.8. The largest absolute Gasteiger partial charge is 0.294 e. The van der Waals surface area contributed by atoms with Gasteiger partial charge in [0.15, 0.2) is 0 Å². The maximum Gasteiger partial charge on any atom is 0.294 e. The molecule has 8 rings (SSSR count). The summed E-state index contributed by atoms with van der Waals surface area (Å²) in [5.41, 5.74) is 1.19. The molecule has 0 aliphatic carbocycles. The standard InChI is InChI=1S/C44H32O12P2S4/c45-59(46,47)35-15-5-11-31(25-35)57(32-12-6-16-36(26-32)60(48,49)50)41-23-21-29-9-1-3-19-39(29)43(41)44-40-20-4-2-10-30(40)22-24-42(44)58(33-13-7-17-37(27-33)61(51,52)53)34-14-8-18-38(28-34)62(54,55)56/h1-28H,(H,45,46,47)(H,48,49,50)(H,51,52,53)(H,54,55,56). The molecule has 0 radical (unpaired) electrons. The summed E-state index contributed by atoms with van der Waals surface area (Å²) in [6.07, 6.45) is 0. The van der Waals surface area contributed by atoms with Gasteiger partial charge in [-0.3, -0.25) is 18.2 Å². The van der Waals surface area contributed by atoms with Crippen molar-refractivity contribution < 1.29 is 51.9 Å². The van der Waals surface area contributed by atoms with Crippen molar-refractivity contribution in [2.45, 2.75) is 19.6 Å². The molecule has 0 amide bonds. The number of hydrogen-bond acceptors (Lipinski definition) is 8. The maximum atomic E-state index is 12.6. The Morgan fingerprint density at radius 2 is 0.581 bits per heavy atom. The van der Waals surface area contributed by atoms with Crippen molar-refractivity contribution in [3.8, 4) is 11.1 Å². The highest BCUT2D eigenvalue weighted by Gasteiger charge is 2.30. The second kappa shape index (κ2) is 16.5. The summed E-state index contributed by atoms with van der Waals surface area (Å²) in [4.78, 5) is -1.66. The molecule has 314 valence electrons. The fraction of sp³-hybridized carbons (Fsp3) is 0. The van der Waals surface area contributed by atoms with E-state index in [9.17, 15) is 51.9 Å². The zero-order valence-electron chi connectivity index (χ0n) is 31.7. The van der Waals surface area contributed by atoms with E-state index in [1.54, 1.807) is 24.3 Å². The van der Waals surface area contributed by atoms with E-state index in [2.05, 4.69) is 0 Å². The number of fused-ring (bicyclic) bond motifs is 2. The Labute approximate surface area is 360 Å². The Balaban J connectivity index is 1.56. The molecule has 18 heteroatoms. The van der Waals surface area contributed by atoms with Crippen LogP contribution in [0.2, 0.25) is 0 Å². The van der Waals surface area contributed by atoms with E-state index in [4.69, 9.17) is 0 Å². The average Bonchev–Trinajstić information content (AvgIpc) is 3.23. The van der Waals surface area contributed by atoms with Crippen molar-refractivity contribution in [1.29, 1.82) is 0 Å². The van der Waals surface area contributed by atoms with Crippen LogP contribution in [0.1, 0.15) is 0 Å². The summed E-state index contributed by atoms with van der Waals surface area (Å²) < 4.78 is 141. The lowest BCUT2D eigenvalue weighted by Crippen LogP contribution is -2.27. The predicted molar refractivity (Wildman–Crippen MR) is 244 cm³/mol. The van der Waals surface area contributed by atoms with Gasteiger partial charge in [0.05, 0.1) is 19.6 Å². The van der Waals surface area contributed by atoms with E-state index in [0.29, 0.717) is 53.7 Å². The number of hydrogen-bond donors (Lipinski definition) is 4. The Hall–Kier alpha value is -5.22. The van der Waals surface area contributed by atoms with Gasteiger partial charge in [0.2, 0.25) is 0 Å². The van der Waals surface area contributed by atoms with Gasteiger partial charge in [0.25, 0.3) is 40.5 Å². The Morgan fingerprint density at radius 1 is 0.306 bits per heavy atom. The first kappa shape index (κ1) is 43.4. The normalized spacial score (nSPS) is 12.7. The highest BCUT2D eigenvalue weighted by atomic mass is 32.2. The van der Waals surface area contributed by atoms with E-state index < -0.39 is 75.9 Å². The quantitative estimate of drug-likeness (QED) is 0.0847. The summed E-state index contributed by atoms with van der Waals surface area (Å²) in [5, 5.41) is 5.59. The zero-order chi connectivity index (χ0) is 44.2. The van der Waals surface area contributed by atoms with E-state index in [-0.39, 0.29) is 0 Å². The molecule has 0 bridgehead atoms. The van der Waals surface area contributed by atoms with E-state index in [0.717, 1.165) is 10.8 Å². The lowest BCUT2D eigenvalue weighted by Gasteiger charge is -2.29. The van der Waals surface area contributed by atoms with Crippen LogP contribution in [-0.4, -0.2) is 51.9 Å². The van der Waals surface area contributed by atoms with Crippen LogP contribution in [0.3, 0.4) is 0 Å². The smallest absolute Gasteiger partial charge is 0.282 e. The minimum Gasteiger partial charge on any atom is -0.282 e. The third-order valence-corrected chi connectivity index (χ3v) is 18.3. The molecule has 0 saturated carbocycles. The minimum atomic E-state index is -4.73. The van der Waals surface area contributed by atoms with Gasteiger partial charge in [-0.25, -0.2) is 0 Å². The molecule has 0 aromatic heterocycles. The summed E-state index contributed by atoms with van der Waals surface area (Å²) in [5.74, 6) is 0. The average molecular weight is 943 g/mol. The molecule has 4 N–H and O–H groups in total. The summed E-state index contributed by atoms with van der Waals surface area (Å²) in [6, 6.07) is 44.8. The fourth-order valence-corrected chi connectivity index (χ4v) is 14.9. The molecule has 0 aliphatic rings.